The molecule has 0 radical (unpaired) electrons. The number of carbonyl (C=O) groups is 2. The predicted octanol–water partition coefficient (Wildman–Crippen LogP) is 4.28. The number of aliphatic hydroxyl groups is 1. The first-order valence-electron chi connectivity index (χ1n) is 11.6. The van der Waals surface area contributed by atoms with E-state index in [0.717, 1.165) is 28.6 Å². The minimum absolute atomic E-state index is 0.0221. The van der Waals surface area contributed by atoms with Crippen LogP contribution in [-0.4, -0.2) is 50.4 Å². The molecule has 1 N–H and O–H groups in total. The Bertz CT molecular complexity index is 1260. The van der Waals surface area contributed by atoms with Gasteiger partial charge in [0.05, 0.1) is 12.6 Å². The van der Waals surface area contributed by atoms with Crippen LogP contribution in [0.5, 0.6) is 0 Å². The molecule has 1 fully saturated rings. The van der Waals surface area contributed by atoms with Crippen molar-refractivity contribution in [3.8, 4) is 0 Å². The number of aliphatic hydroxyl groups excluding tert-OH is 1. The summed E-state index contributed by atoms with van der Waals surface area (Å²) in [5, 5.41) is 10.8. The fraction of sp³-hybridized carbons (Fsp3) is 0.333. The summed E-state index contributed by atoms with van der Waals surface area (Å²) in [6.07, 6.45) is 1.38. The second-order valence-electron chi connectivity index (χ2n) is 9.07. The topological polar surface area (TPSA) is 65.8 Å². The van der Waals surface area contributed by atoms with Gasteiger partial charge in [0.15, 0.2) is 0 Å². The molecule has 2 aliphatic heterocycles. The molecule has 2 aliphatic rings. The molecule has 33 heavy (non-hydrogen) atoms. The number of carbonyl (C=O) groups excluding carboxylic acids is 2. The summed E-state index contributed by atoms with van der Waals surface area (Å²) >= 11 is 0. The molecule has 1 aromatic heterocycles. The number of rotatable bonds is 5. The van der Waals surface area contributed by atoms with E-state index in [2.05, 4.69) is 23.3 Å². The Labute approximate surface area is 193 Å². The highest BCUT2D eigenvalue weighted by Crippen LogP contribution is 2.41. The Morgan fingerprint density at radius 3 is 2.55 bits per heavy atom. The van der Waals surface area contributed by atoms with E-state index < -0.39 is 6.04 Å². The fourth-order valence-corrected chi connectivity index (χ4v) is 5.52. The van der Waals surface area contributed by atoms with Crippen molar-refractivity contribution in [1.29, 1.82) is 0 Å². The molecule has 0 saturated carbocycles. The van der Waals surface area contributed by atoms with Gasteiger partial charge in [-0.25, -0.2) is 0 Å². The summed E-state index contributed by atoms with van der Waals surface area (Å²) in [5.41, 5.74) is 5.17. The summed E-state index contributed by atoms with van der Waals surface area (Å²) in [5.74, 6) is 0.134. The summed E-state index contributed by atoms with van der Waals surface area (Å²) in [6.45, 7) is 9.08. The molecule has 1 saturated heterocycles. The van der Waals surface area contributed by atoms with Gasteiger partial charge in [0.2, 0.25) is 11.8 Å². The number of benzene rings is 2. The van der Waals surface area contributed by atoms with Crippen LogP contribution in [-0.2, 0) is 22.6 Å². The second kappa shape index (κ2) is 8.10. The predicted molar refractivity (Wildman–Crippen MR) is 129 cm³/mol. The minimum atomic E-state index is -0.436. The quantitative estimate of drug-likeness (QED) is 0.599. The van der Waals surface area contributed by atoms with E-state index >= 15 is 0 Å². The van der Waals surface area contributed by atoms with Crippen LogP contribution in [0.15, 0.2) is 55.1 Å². The molecule has 0 unspecified atom stereocenters. The van der Waals surface area contributed by atoms with Crippen molar-refractivity contribution >= 4 is 28.5 Å². The van der Waals surface area contributed by atoms with E-state index in [-0.39, 0.29) is 30.2 Å². The van der Waals surface area contributed by atoms with Crippen molar-refractivity contribution in [2.24, 2.45) is 0 Å². The second-order valence-corrected chi connectivity index (χ2v) is 9.07. The SMILES string of the molecule is C=C(O)c1ccc(Cn2c3c(c4ccccc42)C[C@@H]2C(=O)N(CCC)CC(=O)N2[C@H]3C)cc1. The van der Waals surface area contributed by atoms with Crippen molar-refractivity contribution in [1.82, 2.24) is 14.4 Å². The lowest BCUT2D eigenvalue weighted by Gasteiger charge is -2.46. The van der Waals surface area contributed by atoms with Crippen molar-refractivity contribution in [2.75, 3.05) is 13.1 Å². The van der Waals surface area contributed by atoms with E-state index in [1.165, 1.54) is 5.56 Å². The Balaban J connectivity index is 1.60. The van der Waals surface area contributed by atoms with Gasteiger partial charge >= 0.3 is 0 Å². The largest absolute Gasteiger partial charge is 0.508 e. The summed E-state index contributed by atoms with van der Waals surface area (Å²) in [4.78, 5) is 30.0. The van der Waals surface area contributed by atoms with Gasteiger partial charge in [0.25, 0.3) is 0 Å². The third kappa shape index (κ3) is 3.41. The van der Waals surface area contributed by atoms with E-state index in [4.69, 9.17) is 0 Å². The number of hydrogen-bond donors (Lipinski definition) is 1. The van der Waals surface area contributed by atoms with Crippen LogP contribution in [0.1, 0.15) is 48.7 Å². The maximum atomic E-state index is 13.3. The number of amides is 2. The number of aromatic nitrogens is 1. The minimum Gasteiger partial charge on any atom is -0.508 e. The number of para-hydroxylation sites is 1. The summed E-state index contributed by atoms with van der Waals surface area (Å²) in [6, 6.07) is 15.4. The van der Waals surface area contributed by atoms with Crippen molar-refractivity contribution in [3.05, 3.63) is 77.5 Å². The Hall–Kier alpha value is -3.54. The van der Waals surface area contributed by atoms with Crippen LogP contribution in [0.3, 0.4) is 0 Å². The number of fused-ring (bicyclic) bond motifs is 4. The Morgan fingerprint density at radius 1 is 1.12 bits per heavy atom. The number of nitrogens with zero attached hydrogens (tertiary/aromatic N) is 3. The molecule has 0 aliphatic carbocycles. The van der Waals surface area contributed by atoms with Gasteiger partial charge in [0.1, 0.15) is 11.8 Å². The fourth-order valence-electron chi connectivity index (χ4n) is 5.52. The van der Waals surface area contributed by atoms with Gasteiger partial charge < -0.3 is 19.5 Å². The zero-order valence-corrected chi connectivity index (χ0v) is 19.1. The van der Waals surface area contributed by atoms with Crippen molar-refractivity contribution in [3.63, 3.8) is 0 Å². The molecule has 6 heteroatoms. The van der Waals surface area contributed by atoms with Crippen molar-refractivity contribution < 1.29 is 14.7 Å². The normalized spacial score (nSPS) is 20.2. The smallest absolute Gasteiger partial charge is 0.246 e. The van der Waals surface area contributed by atoms with Gasteiger partial charge in [-0.3, -0.25) is 9.59 Å². The average molecular weight is 444 g/mol. The third-order valence-electron chi connectivity index (χ3n) is 7.00. The van der Waals surface area contributed by atoms with Crippen LogP contribution >= 0.6 is 0 Å². The first-order chi connectivity index (χ1) is 15.9. The highest BCUT2D eigenvalue weighted by molar-refractivity contribution is 5.97. The van der Waals surface area contributed by atoms with Crippen LogP contribution in [0.2, 0.25) is 0 Å². The molecule has 0 spiro atoms. The number of hydrogen-bond acceptors (Lipinski definition) is 3. The molecule has 170 valence electrons. The van der Waals surface area contributed by atoms with Gasteiger partial charge in [-0.15, -0.1) is 0 Å². The van der Waals surface area contributed by atoms with E-state index in [9.17, 15) is 14.7 Å². The maximum Gasteiger partial charge on any atom is 0.246 e. The first kappa shape index (κ1) is 21.3. The Morgan fingerprint density at radius 2 is 1.85 bits per heavy atom. The Kier molecular flexibility index (Phi) is 5.23. The standard InChI is InChI=1S/C27H29N3O3/c1-4-13-28-16-25(32)30-17(2)26-22(14-24(30)27(28)33)21-7-5-6-8-23(21)29(26)15-19-9-11-20(12-10-19)18(3)31/h5-12,17,24,31H,3-4,13-16H2,1-2H3/t17-,24+/m0/s1. The van der Waals surface area contributed by atoms with Crippen LogP contribution < -0.4 is 0 Å². The average Bonchev–Trinajstić information content (AvgIpc) is 3.11. The van der Waals surface area contributed by atoms with Crippen molar-refractivity contribution in [2.45, 2.75) is 45.3 Å². The monoisotopic (exact) mass is 443 g/mol. The zero-order valence-electron chi connectivity index (χ0n) is 19.1. The molecule has 3 aromatic rings. The lowest BCUT2D eigenvalue weighted by molar-refractivity contribution is -0.159. The highest BCUT2D eigenvalue weighted by atomic mass is 16.3. The zero-order chi connectivity index (χ0) is 23.3. The third-order valence-corrected chi connectivity index (χ3v) is 7.00. The molecule has 2 atom stereocenters. The van der Waals surface area contributed by atoms with E-state index in [1.54, 1.807) is 4.90 Å². The molecular weight excluding hydrogens is 414 g/mol. The molecular formula is C27H29N3O3. The van der Waals surface area contributed by atoms with E-state index in [0.29, 0.717) is 25.1 Å². The molecule has 3 heterocycles. The summed E-state index contributed by atoms with van der Waals surface area (Å²) in [7, 11) is 0. The van der Waals surface area contributed by atoms with Crippen LogP contribution in [0.4, 0.5) is 0 Å². The van der Waals surface area contributed by atoms with Gasteiger partial charge in [-0.1, -0.05) is 56.0 Å². The van der Waals surface area contributed by atoms with Gasteiger partial charge in [-0.2, -0.15) is 0 Å². The molecule has 6 nitrogen and oxygen atoms in total. The lowest BCUT2D eigenvalue weighted by Crippen LogP contribution is -2.62. The molecule has 2 aromatic carbocycles. The first-order valence-corrected chi connectivity index (χ1v) is 11.6. The highest BCUT2D eigenvalue weighted by Gasteiger charge is 2.46. The number of piperazine rings is 1. The molecule has 2 amide bonds. The summed E-state index contributed by atoms with van der Waals surface area (Å²) < 4.78 is 2.28. The lowest BCUT2D eigenvalue weighted by atomic mass is 9.89. The van der Waals surface area contributed by atoms with E-state index in [1.807, 2.05) is 55.1 Å². The van der Waals surface area contributed by atoms with Crippen LogP contribution in [0.25, 0.3) is 16.7 Å². The van der Waals surface area contributed by atoms with Crippen LogP contribution in [0, 0.1) is 0 Å². The maximum absolute atomic E-state index is 13.3. The van der Waals surface area contributed by atoms with Gasteiger partial charge in [-0.05, 0) is 30.5 Å². The van der Waals surface area contributed by atoms with Gasteiger partial charge in [0, 0.05) is 41.7 Å². The molecule has 0 bridgehead atoms. The molecule has 5 rings (SSSR count).